The zero-order valence-corrected chi connectivity index (χ0v) is 13.5. The molecule has 3 unspecified atom stereocenters. The van der Waals surface area contributed by atoms with E-state index in [1.807, 2.05) is 0 Å². The molecule has 2 nitrogen and oxygen atoms in total. The lowest BCUT2D eigenvalue weighted by Crippen LogP contribution is -2.59. The van der Waals surface area contributed by atoms with Crippen LogP contribution in [0.15, 0.2) is 0 Å². The van der Waals surface area contributed by atoms with E-state index in [2.05, 4.69) is 32.7 Å². The topological polar surface area (TPSA) is 29.3 Å². The highest BCUT2D eigenvalue weighted by Gasteiger charge is 2.42. The Hall–Kier alpha value is -0.0800. The Morgan fingerprint density at radius 1 is 1.00 bits per heavy atom. The number of nitrogens with two attached hydrogens (primary N) is 1. The molecule has 0 saturated heterocycles. The van der Waals surface area contributed by atoms with Crippen LogP contribution in [0.3, 0.4) is 0 Å². The van der Waals surface area contributed by atoms with E-state index in [0.29, 0.717) is 0 Å². The summed E-state index contributed by atoms with van der Waals surface area (Å²) in [4.78, 5) is 2.70. The lowest BCUT2D eigenvalue weighted by Gasteiger charge is -2.52. The van der Waals surface area contributed by atoms with Crippen LogP contribution in [0.25, 0.3) is 0 Å². The highest BCUT2D eigenvalue weighted by atomic mass is 15.2. The van der Waals surface area contributed by atoms with E-state index < -0.39 is 0 Å². The fourth-order valence-corrected chi connectivity index (χ4v) is 4.35. The quantitative estimate of drug-likeness (QED) is 0.845. The molecule has 0 amide bonds. The molecule has 0 aromatic carbocycles. The first-order chi connectivity index (χ1) is 8.98. The largest absolute Gasteiger partial charge is 0.329 e. The van der Waals surface area contributed by atoms with Gasteiger partial charge in [-0.05, 0) is 69.7 Å². The van der Waals surface area contributed by atoms with Crippen LogP contribution in [0.2, 0.25) is 0 Å². The lowest BCUT2D eigenvalue weighted by atomic mass is 9.69. The van der Waals surface area contributed by atoms with Crippen LogP contribution < -0.4 is 5.73 Å². The molecule has 2 aliphatic rings. The van der Waals surface area contributed by atoms with Gasteiger partial charge in [0, 0.05) is 18.1 Å². The molecule has 0 aliphatic heterocycles. The second kappa shape index (κ2) is 6.13. The van der Waals surface area contributed by atoms with Crippen LogP contribution in [0, 0.1) is 17.8 Å². The molecule has 2 saturated carbocycles. The second-order valence-electron chi connectivity index (χ2n) is 7.65. The number of rotatable bonds is 3. The monoisotopic (exact) mass is 266 g/mol. The maximum Gasteiger partial charge on any atom is 0.0334 e. The standard InChI is InChI=1S/C17H34N2/c1-13-5-7-16(8-6-13)19(4)17(12-18)10-9-14(2)15(3)11-17/h13-16H,5-12,18H2,1-4H3. The normalized spacial score (nSPS) is 44.5. The van der Waals surface area contributed by atoms with E-state index in [-0.39, 0.29) is 5.54 Å². The van der Waals surface area contributed by atoms with Crippen LogP contribution >= 0.6 is 0 Å². The Kier molecular flexibility index (Phi) is 4.94. The predicted molar refractivity (Wildman–Crippen MR) is 83.1 cm³/mol. The van der Waals surface area contributed by atoms with E-state index >= 15 is 0 Å². The van der Waals surface area contributed by atoms with Crippen LogP contribution in [0.5, 0.6) is 0 Å². The highest BCUT2D eigenvalue weighted by Crippen LogP contribution is 2.41. The third-order valence-corrected chi connectivity index (χ3v) is 6.40. The molecule has 2 fully saturated rings. The highest BCUT2D eigenvalue weighted by molar-refractivity contribution is 4.99. The van der Waals surface area contributed by atoms with Gasteiger partial charge in [-0.1, -0.05) is 20.8 Å². The first-order valence-electron chi connectivity index (χ1n) is 8.41. The second-order valence-corrected chi connectivity index (χ2v) is 7.65. The lowest BCUT2D eigenvalue weighted by molar-refractivity contribution is -0.00353. The van der Waals surface area contributed by atoms with Crippen molar-refractivity contribution in [3.63, 3.8) is 0 Å². The molecule has 112 valence electrons. The van der Waals surface area contributed by atoms with Gasteiger partial charge in [0.05, 0.1) is 0 Å². The van der Waals surface area contributed by atoms with Gasteiger partial charge < -0.3 is 5.73 Å². The Bertz CT molecular complexity index is 283. The average molecular weight is 266 g/mol. The van der Waals surface area contributed by atoms with Gasteiger partial charge in [-0.2, -0.15) is 0 Å². The zero-order valence-electron chi connectivity index (χ0n) is 13.5. The Balaban J connectivity index is 2.04. The summed E-state index contributed by atoms with van der Waals surface area (Å²) in [5, 5.41) is 0. The Labute approximate surface area is 120 Å². The molecule has 0 heterocycles. The summed E-state index contributed by atoms with van der Waals surface area (Å²) in [6, 6.07) is 0.778. The van der Waals surface area contributed by atoms with Gasteiger partial charge in [-0.3, -0.25) is 4.90 Å². The summed E-state index contributed by atoms with van der Waals surface area (Å²) >= 11 is 0. The summed E-state index contributed by atoms with van der Waals surface area (Å²) in [6.45, 7) is 8.07. The van der Waals surface area contributed by atoms with E-state index in [1.165, 1.54) is 44.9 Å². The summed E-state index contributed by atoms with van der Waals surface area (Å²) in [6.07, 6.45) is 9.52. The third-order valence-electron chi connectivity index (χ3n) is 6.40. The Morgan fingerprint density at radius 2 is 1.63 bits per heavy atom. The number of hydrogen-bond donors (Lipinski definition) is 1. The maximum absolute atomic E-state index is 6.24. The molecule has 2 aliphatic carbocycles. The fourth-order valence-electron chi connectivity index (χ4n) is 4.35. The molecule has 0 spiro atoms. The summed E-state index contributed by atoms with van der Waals surface area (Å²) in [5.41, 5.74) is 6.53. The molecule has 0 aromatic rings. The van der Waals surface area contributed by atoms with Crippen molar-refractivity contribution >= 4 is 0 Å². The van der Waals surface area contributed by atoms with E-state index in [4.69, 9.17) is 5.73 Å². The molecule has 19 heavy (non-hydrogen) atoms. The minimum atomic E-state index is 0.289. The molecular formula is C17H34N2. The van der Waals surface area contributed by atoms with Gasteiger partial charge in [-0.25, -0.2) is 0 Å². The predicted octanol–water partition coefficient (Wildman–Crippen LogP) is 3.65. The van der Waals surface area contributed by atoms with Crippen molar-refractivity contribution in [1.82, 2.24) is 4.90 Å². The first kappa shape index (κ1) is 15.3. The van der Waals surface area contributed by atoms with Crippen LogP contribution in [-0.4, -0.2) is 30.1 Å². The van der Waals surface area contributed by atoms with Gasteiger partial charge in [0.1, 0.15) is 0 Å². The van der Waals surface area contributed by atoms with Crippen molar-refractivity contribution in [2.24, 2.45) is 23.5 Å². The van der Waals surface area contributed by atoms with Gasteiger partial charge in [-0.15, -0.1) is 0 Å². The van der Waals surface area contributed by atoms with Crippen molar-refractivity contribution in [2.45, 2.75) is 77.3 Å². The minimum absolute atomic E-state index is 0.289. The molecule has 2 heteroatoms. The third kappa shape index (κ3) is 3.16. The number of hydrogen-bond acceptors (Lipinski definition) is 2. The van der Waals surface area contributed by atoms with Crippen LogP contribution in [0.1, 0.15) is 65.7 Å². The molecule has 0 aromatic heterocycles. The molecule has 2 rings (SSSR count). The van der Waals surface area contributed by atoms with Crippen molar-refractivity contribution in [3.8, 4) is 0 Å². The van der Waals surface area contributed by atoms with Gasteiger partial charge in [0.25, 0.3) is 0 Å². The van der Waals surface area contributed by atoms with Gasteiger partial charge in [0.2, 0.25) is 0 Å². The van der Waals surface area contributed by atoms with E-state index in [9.17, 15) is 0 Å². The van der Waals surface area contributed by atoms with Gasteiger partial charge in [0.15, 0.2) is 0 Å². The SMILES string of the molecule is CC1CCC(N(C)C2(CN)CCC(C)C(C)C2)CC1. The van der Waals surface area contributed by atoms with Crippen LogP contribution in [0.4, 0.5) is 0 Å². The maximum atomic E-state index is 6.24. The molecule has 0 radical (unpaired) electrons. The first-order valence-corrected chi connectivity index (χ1v) is 8.41. The molecule has 2 N–H and O–H groups in total. The summed E-state index contributed by atoms with van der Waals surface area (Å²) in [7, 11) is 2.36. The van der Waals surface area contributed by atoms with E-state index in [1.54, 1.807) is 0 Å². The molecular weight excluding hydrogens is 232 g/mol. The fraction of sp³-hybridized carbons (Fsp3) is 1.00. The van der Waals surface area contributed by atoms with Gasteiger partial charge >= 0.3 is 0 Å². The number of likely N-dealkylation sites (N-methyl/N-ethyl adjacent to an activating group) is 1. The minimum Gasteiger partial charge on any atom is -0.329 e. The van der Waals surface area contributed by atoms with Crippen LogP contribution in [-0.2, 0) is 0 Å². The number of nitrogens with zero attached hydrogens (tertiary/aromatic N) is 1. The van der Waals surface area contributed by atoms with Crippen molar-refractivity contribution < 1.29 is 0 Å². The smallest absolute Gasteiger partial charge is 0.0334 e. The molecule has 3 atom stereocenters. The van der Waals surface area contributed by atoms with Crippen molar-refractivity contribution in [1.29, 1.82) is 0 Å². The summed E-state index contributed by atoms with van der Waals surface area (Å²) in [5.74, 6) is 2.63. The molecule has 0 bridgehead atoms. The zero-order chi connectivity index (χ0) is 14.0. The summed E-state index contributed by atoms with van der Waals surface area (Å²) < 4.78 is 0. The average Bonchev–Trinajstić information content (AvgIpc) is 2.42. The van der Waals surface area contributed by atoms with Crippen molar-refractivity contribution in [3.05, 3.63) is 0 Å². The Morgan fingerprint density at radius 3 is 2.16 bits per heavy atom. The van der Waals surface area contributed by atoms with Crippen molar-refractivity contribution in [2.75, 3.05) is 13.6 Å². The van der Waals surface area contributed by atoms with E-state index in [0.717, 1.165) is 30.3 Å².